The molecule has 1 fully saturated rings. The number of carbonyl (C=O) groups excluding carboxylic acids is 1. The summed E-state index contributed by atoms with van der Waals surface area (Å²) in [5.74, 6) is -0.687. The summed E-state index contributed by atoms with van der Waals surface area (Å²) in [4.78, 5) is 12.1. The van der Waals surface area contributed by atoms with E-state index in [0.717, 1.165) is 12.1 Å². The van der Waals surface area contributed by atoms with Gasteiger partial charge in [0, 0.05) is 0 Å². The molecule has 0 spiro atoms. The third-order valence-electron chi connectivity index (χ3n) is 3.29. The van der Waals surface area contributed by atoms with Crippen molar-refractivity contribution >= 4 is 34.8 Å². The van der Waals surface area contributed by atoms with E-state index in [0.29, 0.717) is 18.8 Å². The predicted molar refractivity (Wildman–Crippen MR) is 71.5 cm³/mol. The highest BCUT2D eigenvalue weighted by Crippen LogP contribution is 2.46. The van der Waals surface area contributed by atoms with E-state index in [-0.39, 0.29) is 15.7 Å². The molecule has 1 amide bonds. The number of amides is 1. The summed E-state index contributed by atoms with van der Waals surface area (Å²) in [7, 11) is 0. The van der Waals surface area contributed by atoms with Crippen LogP contribution in [0.25, 0.3) is 0 Å². The normalized spacial score (nSPS) is 25.3. The topological polar surface area (TPSA) is 52.9 Å². The molecule has 0 heterocycles. The first-order valence-electron chi connectivity index (χ1n) is 5.75. The van der Waals surface area contributed by atoms with E-state index >= 15 is 0 Å². The van der Waals surface area contributed by atoms with Gasteiger partial charge in [0.25, 0.3) is 0 Å². The summed E-state index contributed by atoms with van der Waals surface area (Å²) in [5.41, 5.74) is -0.885. The van der Waals surface area contributed by atoms with Gasteiger partial charge in [0.1, 0.15) is 11.2 Å². The summed E-state index contributed by atoms with van der Waals surface area (Å²) in [6.07, 6.45) is 1.01. The van der Waals surface area contributed by atoms with Crippen molar-refractivity contribution in [3.63, 3.8) is 0 Å². The molecule has 1 saturated carbocycles. The maximum absolute atomic E-state index is 13.0. The van der Waals surface area contributed by atoms with Gasteiger partial charge in [-0.05, 0) is 30.9 Å². The van der Waals surface area contributed by atoms with Crippen LogP contribution < -0.4 is 5.32 Å². The fraction of sp³-hybridized carbons (Fsp3) is 0.385. The van der Waals surface area contributed by atoms with Crippen LogP contribution in [0.5, 0.6) is 0 Å². The number of rotatable bonds is 2. The van der Waals surface area contributed by atoms with Crippen LogP contribution in [0.15, 0.2) is 12.1 Å². The summed E-state index contributed by atoms with van der Waals surface area (Å²) in [6.45, 7) is 1.97. The van der Waals surface area contributed by atoms with E-state index in [1.165, 1.54) is 0 Å². The molecule has 2 rings (SSSR count). The predicted octanol–water partition coefficient (Wildman–Crippen LogP) is 4.01. The summed E-state index contributed by atoms with van der Waals surface area (Å²) >= 11 is 11.7. The summed E-state index contributed by atoms with van der Waals surface area (Å²) in [5, 5.41) is 11.7. The minimum atomic E-state index is -1.03. The molecule has 3 nitrogen and oxygen atoms in total. The highest BCUT2D eigenvalue weighted by molar-refractivity contribution is 6.39. The molecule has 0 aliphatic heterocycles. The fourth-order valence-corrected chi connectivity index (χ4v) is 2.91. The van der Waals surface area contributed by atoms with Crippen LogP contribution in [0.1, 0.15) is 19.8 Å². The number of anilines is 1. The van der Waals surface area contributed by atoms with E-state index in [9.17, 15) is 9.18 Å². The number of nitriles is 1. The van der Waals surface area contributed by atoms with E-state index in [4.69, 9.17) is 28.5 Å². The molecule has 0 bridgehead atoms. The Hall–Kier alpha value is -1.31. The smallest absolute Gasteiger partial charge is 0.244 e. The van der Waals surface area contributed by atoms with Gasteiger partial charge in [-0.15, -0.1) is 0 Å². The fourth-order valence-electron chi connectivity index (χ4n) is 2.35. The maximum atomic E-state index is 13.0. The maximum Gasteiger partial charge on any atom is 0.244 e. The van der Waals surface area contributed by atoms with Crippen LogP contribution in [0.2, 0.25) is 10.0 Å². The molecule has 19 heavy (non-hydrogen) atoms. The van der Waals surface area contributed by atoms with Gasteiger partial charge in [-0.25, -0.2) is 4.39 Å². The summed E-state index contributed by atoms with van der Waals surface area (Å²) in [6, 6.07) is 4.17. The number of carbonyl (C=O) groups is 1. The summed E-state index contributed by atoms with van der Waals surface area (Å²) < 4.78 is 13.0. The van der Waals surface area contributed by atoms with Crippen molar-refractivity contribution in [1.82, 2.24) is 0 Å². The minimum Gasteiger partial charge on any atom is -0.322 e. The van der Waals surface area contributed by atoms with Crippen LogP contribution in [-0.4, -0.2) is 5.91 Å². The first-order valence-corrected chi connectivity index (χ1v) is 6.51. The molecule has 0 saturated heterocycles. The first-order chi connectivity index (χ1) is 8.88. The molecule has 0 aromatic heterocycles. The van der Waals surface area contributed by atoms with Crippen molar-refractivity contribution in [3.05, 3.63) is 28.0 Å². The van der Waals surface area contributed by atoms with Crippen LogP contribution in [0.3, 0.4) is 0 Å². The Balaban J connectivity index is 2.23. The van der Waals surface area contributed by atoms with E-state index in [1.54, 1.807) is 0 Å². The van der Waals surface area contributed by atoms with Crippen LogP contribution in [0.4, 0.5) is 10.1 Å². The van der Waals surface area contributed by atoms with Gasteiger partial charge < -0.3 is 5.32 Å². The zero-order valence-electron chi connectivity index (χ0n) is 10.1. The number of hydrogen-bond donors (Lipinski definition) is 1. The van der Waals surface area contributed by atoms with Gasteiger partial charge in [0.05, 0.1) is 21.8 Å². The molecule has 1 aromatic carbocycles. The number of benzene rings is 1. The minimum absolute atomic E-state index is 0.0128. The zero-order valence-corrected chi connectivity index (χ0v) is 11.6. The Bertz CT molecular complexity index is 553. The molecule has 1 aliphatic carbocycles. The largest absolute Gasteiger partial charge is 0.322 e. The molecular weight excluding hydrogens is 290 g/mol. The number of nitrogens with one attached hydrogen (secondary N) is 1. The lowest BCUT2D eigenvalue weighted by Gasteiger charge is -2.39. The lowest BCUT2D eigenvalue weighted by atomic mass is 9.63. The second-order valence-corrected chi connectivity index (χ2v) is 5.72. The molecule has 100 valence electrons. The Morgan fingerprint density at radius 2 is 2.00 bits per heavy atom. The highest BCUT2D eigenvalue weighted by Gasteiger charge is 2.49. The van der Waals surface area contributed by atoms with Gasteiger partial charge in [-0.2, -0.15) is 5.26 Å². The van der Waals surface area contributed by atoms with Crippen molar-refractivity contribution in [1.29, 1.82) is 5.26 Å². The Labute approximate surface area is 120 Å². The lowest BCUT2D eigenvalue weighted by Crippen LogP contribution is -2.45. The first kappa shape index (κ1) is 14.1. The lowest BCUT2D eigenvalue weighted by molar-refractivity contribution is -0.128. The van der Waals surface area contributed by atoms with Gasteiger partial charge in [-0.3, -0.25) is 4.79 Å². The van der Waals surface area contributed by atoms with Crippen molar-refractivity contribution in [2.45, 2.75) is 19.8 Å². The second kappa shape index (κ2) is 4.99. The molecule has 1 N–H and O–H groups in total. The van der Waals surface area contributed by atoms with E-state index in [1.807, 2.05) is 13.0 Å². The third kappa shape index (κ3) is 2.54. The average molecular weight is 301 g/mol. The van der Waals surface area contributed by atoms with Gasteiger partial charge in [-0.1, -0.05) is 30.1 Å². The van der Waals surface area contributed by atoms with E-state index < -0.39 is 17.1 Å². The Morgan fingerprint density at radius 3 is 2.42 bits per heavy atom. The Morgan fingerprint density at radius 1 is 1.47 bits per heavy atom. The molecule has 1 aliphatic rings. The van der Waals surface area contributed by atoms with Gasteiger partial charge >= 0.3 is 0 Å². The Kier molecular flexibility index (Phi) is 3.71. The number of halogens is 3. The number of hydrogen-bond acceptors (Lipinski definition) is 2. The van der Waals surface area contributed by atoms with Crippen molar-refractivity contribution < 1.29 is 9.18 Å². The van der Waals surface area contributed by atoms with Gasteiger partial charge in [0.15, 0.2) is 0 Å². The second-order valence-electron chi connectivity index (χ2n) is 4.91. The van der Waals surface area contributed by atoms with Crippen molar-refractivity contribution in [2.75, 3.05) is 5.32 Å². The average Bonchev–Trinajstić information content (AvgIpc) is 2.29. The van der Waals surface area contributed by atoms with E-state index in [2.05, 4.69) is 5.32 Å². The third-order valence-corrected chi connectivity index (χ3v) is 3.88. The monoisotopic (exact) mass is 300 g/mol. The molecular formula is C13H11Cl2FN2O. The molecule has 0 atom stereocenters. The molecule has 0 unspecified atom stereocenters. The molecule has 6 heteroatoms. The SMILES string of the molecule is CC1CC(C#N)(C(=O)Nc2c(Cl)cc(F)cc2Cl)C1. The van der Waals surface area contributed by atoms with Crippen LogP contribution in [0, 0.1) is 28.5 Å². The molecule has 1 aromatic rings. The number of nitrogens with zero attached hydrogens (tertiary/aromatic N) is 1. The standard InChI is InChI=1S/C13H11Cl2FN2O/c1-7-4-13(5-7,6-17)12(19)18-11-9(14)2-8(16)3-10(11)15/h2-3,7H,4-5H2,1H3,(H,18,19). The van der Waals surface area contributed by atoms with Crippen LogP contribution >= 0.6 is 23.2 Å². The van der Waals surface area contributed by atoms with Crippen molar-refractivity contribution in [3.8, 4) is 6.07 Å². The highest BCUT2D eigenvalue weighted by atomic mass is 35.5. The van der Waals surface area contributed by atoms with Crippen LogP contribution in [-0.2, 0) is 4.79 Å². The zero-order chi connectivity index (χ0) is 14.2. The van der Waals surface area contributed by atoms with Gasteiger partial charge in [0.2, 0.25) is 5.91 Å². The van der Waals surface area contributed by atoms with Crippen molar-refractivity contribution in [2.24, 2.45) is 11.3 Å². The molecule has 0 radical (unpaired) electrons. The quantitative estimate of drug-likeness (QED) is 0.897.